The number of carbonyl (C=O) groups excluding carboxylic acids is 1. The predicted octanol–water partition coefficient (Wildman–Crippen LogP) is 1.37. The zero-order chi connectivity index (χ0) is 14.3. The average Bonchev–Trinajstić information content (AvgIpc) is 2.75. The normalized spacial score (nSPS) is 24.8. The summed E-state index contributed by atoms with van der Waals surface area (Å²) in [6.07, 6.45) is 0. The summed E-state index contributed by atoms with van der Waals surface area (Å²) < 4.78 is 5.86. The molecule has 7 heteroatoms. The molecule has 2 unspecified atom stereocenters. The second-order valence-corrected chi connectivity index (χ2v) is 6.14. The predicted molar refractivity (Wildman–Crippen MR) is 78.8 cm³/mol. The Labute approximate surface area is 124 Å². The highest BCUT2D eigenvalue weighted by Crippen LogP contribution is 2.44. The fourth-order valence-electron chi connectivity index (χ4n) is 2.34. The number of carbonyl (C=O) groups is 1. The van der Waals surface area contributed by atoms with Gasteiger partial charge in [0.2, 0.25) is 11.8 Å². The van der Waals surface area contributed by atoms with Gasteiger partial charge >= 0.3 is 0 Å². The van der Waals surface area contributed by atoms with Crippen LogP contribution in [0.4, 0.5) is 0 Å². The lowest BCUT2D eigenvalue weighted by Gasteiger charge is -2.28. The van der Waals surface area contributed by atoms with E-state index in [4.69, 9.17) is 22.7 Å². The van der Waals surface area contributed by atoms with Gasteiger partial charge in [0.15, 0.2) is 0 Å². The monoisotopic (exact) mass is 303 g/mol. The third-order valence-corrected chi connectivity index (χ3v) is 4.64. The van der Waals surface area contributed by atoms with Crippen LogP contribution >= 0.6 is 24.0 Å². The third kappa shape index (κ3) is 1.94. The summed E-state index contributed by atoms with van der Waals surface area (Å²) in [5, 5.41) is 11.4. The molecule has 0 aliphatic carbocycles. The second kappa shape index (κ2) is 4.81. The van der Waals surface area contributed by atoms with Gasteiger partial charge in [0.05, 0.1) is 5.57 Å². The molecule has 0 aromatic heterocycles. The SMILES string of the molecule is N#CC1=C(N)Oc2ccccc2C1C1SC(=S)NC1=O. The fourth-order valence-corrected chi connectivity index (χ4v) is 3.73. The van der Waals surface area contributed by atoms with Crippen molar-refractivity contribution in [3.63, 3.8) is 0 Å². The van der Waals surface area contributed by atoms with Gasteiger partial charge in [-0.2, -0.15) is 5.26 Å². The van der Waals surface area contributed by atoms with Crippen LogP contribution < -0.4 is 15.8 Å². The molecule has 0 saturated carbocycles. The molecular weight excluding hydrogens is 294 g/mol. The van der Waals surface area contributed by atoms with Gasteiger partial charge in [0.25, 0.3) is 0 Å². The Morgan fingerprint density at radius 3 is 2.85 bits per heavy atom. The molecule has 5 nitrogen and oxygen atoms in total. The minimum Gasteiger partial charge on any atom is -0.440 e. The molecule has 2 aliphatic rings. The number of nitrogens with zero attached hydrogens (tertiary/aromatic N) is 1. The van der Waals surface area contributed by atoms with Crippen LogP contribution in [0.5, 0.6) is 5.75 Å². The van der Waals surface area contributed by atoms with Crippen molar-refractivity contribution in [2.24, 2.45) is 5.73 Å². The van der Waals surface area contributed by atoms with E-state index in [0.29, 0.717) is 10.1 Å². The van der Waals surface area contributed by atoms with Crippen molar-refractivity contribution in [1.29, 1.82) is 5.26 Å². The Morgan fingerprint density at radius 2 is 2.20 bits per heavy atom. The van der Waals surface area contributed by atoms with Crippen LogP contribution in [0, 0.1) is 11.3 Å². The lowest BCUT2D eigenvalue weighted by Crippen LogP contribution is -2.32. The quantitative estimate of drug-likeness (QED) is 0.762. The Hall–Kier alpha value is -2.04. The molecule has 20 heavy (non-hydrogen) atoms. The summed E-state index contributed by atoms with van der Waals surface area (Å²) >= 11 is 6.25. The first-order valence-electron chi connectivity index (χ1n) is 5.80. The lowest BCUT2D eigenvalue weighted by molar-refractivity contribution is -0.119. The first kappa shape index (κ1) is 13.0. The molecule has 100 valence electrons. The topological polar surface area (TPSA) is 88.1 Å². The number of amides is 1. The van der Waals surface area contributed by atoms with Gasteiger partial charge in [-0.1, -0.05) is 42.2 Å². The standard InChI is InChI=1S/C13H9N3O2S2/c14-5-7-9(10-12(17)16-13(19)20-10)6-3-1-2-4-8(6)18-11(7)15/h1-4,9-10H,15H2,(H,16,17,19). The van der Waals surface area contributed by atoms with E-state index in [2.05, 4.69) is 5.32 Å². The zero-order valence-corrected chi connectivity index (χ0v) is 11.8. The number of nitrogens with one attached hydrogen (secondary N) is 1. The molecule has 1 amide bonds. The van der Waals surface area contributed by atoms with Crippen LogP contribution in [0.25, 0.3) is 0 Å². The van der Waals surface area contributed by atoms with Gasteiger partial charge in [-0.3, -0.25) is 4.79 Å². The van der Waals surface area contributed by atoms with Crippen molar-refractivity contribution < 1.29 is 9.53 Å². The van der Waals surface area contributed by atoms with E-state index in [1.54, 1.807) is 6.07 Å². The summed E-state index contributed by atoms with van der Waals surface area (Å²) in [7, 11) is 0. The van der Waals surface area contributed by atoms with Gasteiger partial charge < -0.3 is 15.8 Å². The third-order valence-electron chi connectivity index (χ3n) is 3.19. The number of hydrogen-bond acceptors (Lipinski definition) is 6. The summed E-state index contributed by atoms with van der Waals surface area (Å²) in [6, 6.07) is 9.29. The molecule has 3 rings (SSSR count). The minimum atomic E-state index is -0.499. The van der Waals surface area contributed by atoms with Gasteiger partial charge in [-0.15, -0.1) is 0 Å². The lowest BCUT2D eigenvalue weighted by atomic mass is 9.86. The van der Waals surface area contributed by atoms with Crippen molar-refractivity contribution in [2.45, 2.75) is 11.2 Å². The summed E-state index contributed by atoms with van der Waals surface area (Å²) in [6.45, 7) is 0. The highest BCUT2D eigenvalue weighted by atomic mass is 32.2. The number of fused-ring (bicyclic) bond motifs is 1. The molecule has 2 heterocycles. The molecule has 1 saturated heterocycles. The summed E-state index contributed by atoms with van der Waals surface area (Å²) in [5.41, 5.74) is 6.84. The van der Waals surface area contributed by atoms with E-state index in [9.17, 15) is 10.1 Å². The average molecular weight is 303 g/mol. The second-order valence-electron chi connectivity index (χ2n) is 4.32. The van der Waals surface area contributed by atoms with Gasteiger partial charge in [0, 0.05) is 11.5 Å². The van der Waals surface area contributed by atoms with Gasteiger partial charge in [0.1, 0.15) is 21.4 Å². The zero-order valence-electron chi connectivity index (χ0n) is 10.1. The molecule has 0 bridgehead atoms. The van der Waals surface area contributed by atoms with E-state index in [0.717, 1.165) is 5.56 Å². The highest BCUT2D eigenvalue weighted by Gasteiger charge is 2.43. The minimum absolute atomic E-state index is 0.0439. The van der Waals surface area contributed by atoms with Crippen LogP contribution in [0.3, 0.4) is 0 Å². The van der Waals surface area contributed by atoms with E-state index in [-0.39, 0.29) is 17.4 Å². The van der Waals surface area contributed by atoms with E-state index >= 15 is 0 Å². The van der Waals surface area contributed by atoms with Crippen LogP contribution in [0.2, 0.25) is 0 Å². The molecule has 1 aromatic carbocycles. The Kier molecular flexibility index (Phi) is 3.12. The molecule has 1 aromatic rings. The molecule has 2 aliphatic heterocycles. The Morgan fingerprint density at radius 1 is 1.45 bits per heavy atom. The van der Waals surface area contributed by atoms with Crippen molar-refractivity contribution >= 4 is 34.2 Å². The maximum atomic E-state index is 12.0. The fraction of sp³-hybridized carbons (Fsp3) is 0.154. The summed E-state index contributed by atoms with van der Waals surface area (Å²) in [5.74, 6) is -0.0414. The van der Waals surface area contributed by atoms with Crippen LogP contribution in [0.15, 0.2) is 35.7 Å². The number of benzene rings is 1. The van der Waals surface area contributed by atoms with Crippen molar-refractivity contribution in [3.05, 3.63) is 41.3 Å². The number of hydrogen-bond donors (Lipinski definition) is 2. The van der Waals surface area contributed by atoms with Crippen molar-refractivity contribution in [3.8, 4) is 11.8 Å². The number of nitriles is 1. The molecule has 0 radical (unpaired) electrons. The van der Waals surface area contributed by atoms with Gasteiger partial charge in [-0.25, -0.2) is 0 Å². The maximum Gasteiger partial charge on any atom is 0.239 e. The molecule has 1 fully saturated rings. The Bertz CT molecular complexity index is 693. The van der Waals surface area contributed by atoms with Gasteiger partial charge in [-0.05, 0) is 6.07 Å². The number of nitrogens with two attached hydrogens (primary N) is 1. The molecule has 2 atom stereocenters. The Balaban J connectivity index is 2.14. The number of rotatable bonds is 1. The molecule has 0 spiro atoms. The highest BCUT2D eigenvalue weighted by molar-refractivity contribution is 8.24. The van der Waals surface area contributed by atoms with Crippen LogP contribution in [-0.4, -0.2) is 15.5 Å². The first-order chi connectivity index (χ1) is 9.61. The van der Waals surface area contributed by atoms with Crippen LogP contribution in [0.1, 0.15) is 11.5 Å². The summed E-state index contributed by atoms with van der Waals surface area (Å²) in [4.78, 5) is 12.0. The van der Waals surface area contributed by atoms with Crippen LogP contribution in [-0.2, 0) is 4.79 Å². The number of ether oxygens (including phenoxy) is 1. The van der Waals surface area contributed by atoms with E-state index in [1.165, 1.54) is 11.8 Å². The molecule has 3 N–H and O–H groups in total. The number of allylic oxidation sites excluding steroid dienone is 1. The molecular formula is C13H9N3O2S2. The number of thioether (sulfide) groups is 1. The maximum absolute atomic E-state index is 12.0. The van der Waals surface area contributed by atoms with Crippen molar-refractivity contribution in [1.82, 2.24) is 5.32 Å². The first-order valence-corrected chi connectivity index (χ1v) is 7.08. The number of para-hydroxylation sites is 1. The smallest absolute Gasteiger partial charge is 0.239 e. The van der Waals surface area contributed by atoms with E-state index < -0.39 is 11.2 Å². The van der Waals surface area contributed by atoms with E-state index in [1.807, 2.05) is 24.3 Å². The van der Waals surface area contributed by atoms with Crippen molar-refractivity contribution in [2.75, 3.05) is 0 Å². The number of thiocarbonyl (C=S) groups is 1. The largest absolute Gasteiger partial charge is 0.440 e.